The molecule has 1 saturated carbocycles. The average molecular weight is 522 g/mol. The zero-order chi connectivity index (χ0) is 26.3. The van der Waals surface area contributed by atoms with Crippen LogP contribution in [0.15, 0.2) is 30.5 Å². The van der Waals surface area contributed by atoms with Gasteiger partial charge in [0.15, 0.2) is 0 Å². The van der Waals surface area contributed by atoms with Crippen molar-refractivity contribution in [1.82, 2.24) is 20.2 Å². The molecular weight excluding hydrogens is 485 g/mol. The quantitative estimate of drug-likeness (QED) is 0.364. The number of halogens is 1. The number of ether oxygens (including phenoxy) is 2. The maximum Gasteiger partial charge on any atom is 0.296 e. The van der Waals surface area contributed by atoms with E-state index in [9.17, 15) is 9.18 Å². The fraction of sp³-hybridized carbons (Fsp3) is 0.517. The van der Waals surface area contributed by atoms with Gasteiger partial charge in [-0.25, -0.2) is 14.4 Å². The second-order valence-corrected chi connectivity index (χ2v) is 10.5. The first kappa shape index (κ1) is 26.3. The number of H-pyrrole nitrogens is 1. The number of anilines is 1. The van der Waals surface area contributed by atoms with E-state index in [1.54, 1.807) is 0 Å². The molecule has 2 aromatic heterocycles. The fourth-order valence-corrected chi connectivity index (χ4v) is 5.40. The van der Waals surface area contributed by atoms with Gasteiger partial charge in [0, 0.05) is 25.2 Å². The van der Waals surface area contributed by atoms with Gasteiger partial charge >= 0.3 is 0 Å². The molecular formula is C29H36FN5O3. The molecule has 38 heavy (non-hydrogen) atoms. The Balaban J connectivity index is 1.24. The van der Waals surface area contributed by atoms with Crippen LogP contribution < -0.4 is 10.1 Å². The number of aromatic nitrogens is 4. The van der Waals surface area contributed by atoms with Gasteiger partial charge in [-0.15, -0.1) is 5.10 Å². The molecule has 1 aliphatic heterocycles. The van der Waals surface area contributed by atoms with E-state index >= 15 is 0 Å². The Hall–Kier alpha value is -3.33. The lowest BCUT2D eigenvalue weighted by Gasteiger charge is -2.22. The first-order chi connectivity index (χ1) is 18.5. The zero-order valence-electron chi connectivity index (χ0n) is 22.0. The SMILES string of the molecule is Cc1ccc(OCCC2CCCOC2)cc1-c1cc(NC(=O)c2n[nH]c(CC3CCCCC3)n2)ncc1F. The first-order valence-corrected chi connectivity index (χ1v) is 13.7. The third kappa shape index (κ3) is 6.75. The Morgan fingerprint density at radius 1 is 1.13 bits per heavy atom. The van der Waals surface area contributed by atoms with Crippen molar-refractivity contribution in [2.24, 2.45) is 11.8 Å². The van der Waals surface area contributed by atoms with E-state index in [0.717, 1.165) is 56.5 Å². The second kappa shape index (κ2) is 12.5. The lowest BCUT2D eigenvalue weighted by Crippen LogP contribution is -2.19. The van der Waals surface area contributed by atoms with Crippen LogP contribution in [-0.4, -0.2) is 45.9 Å². The van der Waals surface area contributed by atoms with Crippen molar-refractivity contribution in [3.8, 4) is 16.9 Å². The number of amides is 1. The number of benzene rings is 1. The molecule has 3 heterocycles. The number of carbonyl (C=O) groups excluding carboxylic acids is 1. The summed E-state index contributed by atoms with van der Waals surface area (Å²) in [6.45, 7) is 4.13. The third-order valence-corrected chi connectivity index (χ3v) is 7.59. The lowest BCUT2D eigenvalue weighted by molar-refractivity contribution is 0.0462. The number of aromatic amines is 1. The van der Waals surface area contributed by atoms with Crippen LogP contribution >= 0.6 is 0 Å². The van der Waals surface area contributed by atoms with Crippen LogP contribution in [0.3, 0.4) is 0 Å². The highest BCUT2D eigenvalue weighted by Crippen LogP contribution is 2.31. The summed E-state index contributed by atoms with van der Waals surface area (Å²) in [5, 5.41) is 9.70. The highest BCUT2D eigenvalue weighted by molar-refractivity contribution is 6.01. The standard InChI is InChI=1S/C29H36FN5O3/c1-19-9-10-22(38-13-11-21-8-5-12-37-18-21)15-23(19)24-16-26(31-17-25(24)30)33-29(36)28-32-27(34-35-28)14-20-6-3-2-4-7-20/h9-10,15-17,20-21H,2-8,11-14,18H2,1H3,(H,31,33,36)(H,32,34,35). The van der Waals surface area contributed by atoms with Gasteiger partial charge in [0.1, 0.15) is 23.2 Å². The molecule has 3 aromatic rings. The minimum atomic E-state index is -0.485. The summed E-state index contributed by atoms with van der Waals surface area (Å²) in [4.78, 5) is 21.3. The highest BCUT2D eigenvalue weighted by atomic mass is 19.1. The molecule has 1 aliphatic carbocycles. The molecule has 2 fully saturated rings. The predicted octanol–water partition coefficient (Wildman–Crippen LogP) is 5.88. The number of hydrogen-bond donors (Lipinski definition) is 2. The van der Waals surface area contributed by atoms with Gasteiger partial charge in [0.25, 0.3) is 5.91 Å². The predicted molar refractivity (Wildman–Crippen MR) is 143 cm³/mol. The summed E-state index contributed by atoms with van der Waals surface area (Å²) >= 11 is 0. The van der Waals surface area contributed by atoms with Crippen molar-refractivity contribution < 1.29 is 18.7 Å². The van der Waals surface area contributed by atoms with E-state index in [1.807, 2.05) is 25.1 Å². The number of rotatable bonds is 9. The lowest BCUT2D eigenvalue weighted by atomic mass is 9.87. The maximum absolute atomic E-state index is 14.9. The van der Waals surface area contributed by atoms with Gasteiger partial charge < -0.3 is 14.8 Å². The third-order valence-electron chi connectivity index (χ3n) is 7.59. The topological polar surface area (TPSA) is 102 Å². The molecule has 1 saturated heterocycles. The molecule has 0 bridgehead atoms. The molecule has 0 spiro atoms. The summed E-state index contributed by atoms with van der Waals surface area (Å²) in [6.07, 6.45) is 11.2. The van der Waals surface area contributed by atoms with Gasteiger partial charge in [0.05, 0.1) is 12.8 Å². The van der Waals surface area contributed by atoms with Gasteiger partial charge in [-0.1, -0.05) is 38.2 Å². The van der Waals surface area contributed by atoms with Crippen molar-refractivity contribution in [1.29, 1.82) is 0 Å². The van der Waals surface area contributed by atoms with Crippen LogP contribution in [-0.2, 0) is 11.2 Å². The van der Waals surface area contributed by atoms with Crippen LogP contribution in [0.25, 0.3) is 11.1 Å². The molecule has 0 radical (unpaired) electrons. The summed E-state index contributed by atoms with van der Waals surface area (Å²) < 4.78 is 26.4. The van der Waals surface area contributed by atoms with Crippen LogP contribution in [0.4, 0.5) is 10.2 Å². The van der Waals surface area contributed by atoms with Gasteiger partial charge in [-0.2, -0.15) is 0 Å². The van der Waals surface area contributed by atoms with E-state index < -0.39 is 11.7 Å². The molecule has 2 aliphatic rings. The smallest absolute Gasteiger partial charge is 0.296 e. The van der Waals surface area contributed by atoms with E-state index in [-0.39, 0.29) is 11.6 Å². The van der Waals surface area contributed by atoms with Crippen molar-refractivity contribution in [3.63, 3.8) is 0 Å². The maximum atomic E-state index is 14.9. The molecule has 1 unspecified atom stereocenters. The molecule has 1 aromatic carbocycles. The first-order valence-electron chi connectivity index (χ1n) is 13.7. The van der Waals surface area contributed by atoms with Gasteiger partial charge in [-0.3, -0.25) is 9.89 Å². The van der Waals surface area contributed by atoms with Crippen LogP contribution in [0.2, 0.25) is 0 Å². The normalized spacial score (nSPS) is 18.3. The van der Waals surface area contributed by atoms with E-state index in [0.29, 0.717) is 35.3 Å². The van der Waals surface area contributed by atoms with Crippen LogP contribution in [0.1, 0.15) is 73.4 Å². The van der Waals surface area contributed by atoms with Gasteiger partial charge in [0.2, 0.25) is 5.82 Å². The summed E-state index contributed by atoms with van der Waals surface area (Å²) in [6, 6.07) is 7.18. The van der Waals surface area contributed by atoms with Crippen molar-refractivity contribution in [2.75, 3.05) is 25.1 Å². The van der Waals surface area contributed by atoms with Crippen LogP contribution in [0, 0.1) is 24.6 Å². The van der Waals surface area contributed by atoms with E-state index in [2.05, 4.69) is 25.5 Å². The average Bonchev–Trinajstić information content (AvgIpc) is 3.41. The molecule has 2 N–H and O–H groups in total. The fourth-order valence-electron chi connectivity index (χ4n) is 5.40. The molecule has 5 rings (SSSR count). The molecule has 202 valence electrons. The Kier molecular flexibility index (Phi) is 8.63. The minimum Gasteiger partial charge on any atom is -0.494 e. The van der Waals surface area contributed by atoms with Gasteiger partial charge in [-0.05, 0) is 67.3 Å². The number of hydrogen-bond acceptors (Lipinski definition) is 6. The second-order valence-electron chi connectivity index (χ2n) is 10.5. The van der Waals surface area contributed by atoms with Crippen molar-refractivity contribution in [3.05, 3.63) is 53.5 Å². The van der Waals surface area contributed by atoms with Crippen molar-refractivity contribution in [2.45, 2.75) is 64.7 Å². The summed E-state index contributed by atoms with van der Waals surface area (Å²) in [7, 11) is 0. The molecule has 9 heteroatoms. The summed E-state index contributed by atoms with van der Waals surface area (Å²) in [5.74, 6) is 1.82. The number of pyridine rings is 1. The molecule has 8 nitrogen and oxygen atoms in total. The van der Waals surface area contributed by atoms with E-state index in [1.165, 1.54) is 38.2 Å². The zero-order valence-corrected chi connectivity index (χ0v) is 22.0. The Morgan fingerprint density at radius 3 is 2.79 bits per heavy atom. The number of nitrogens with zero attached hydrogens (tertiary/aromatic N) is 3. The van der Waals surface area contributed by atoms with E-state index in [4.69, 9.17) is 9.47 Å². The molecule has 1 amide bonds. The molecule has 1 atom stereocenters. The number of aryl methyl sites for hydroxylation is 1. The Morgan fingerprint density at radius 2 is 1.97 bits per heavy atom. The Labute approximate surface area is 222 Å². The van der Waals surface area contributed by atoms with Crippen LogP contribution in [0.5, 0.6) is 5.75 Å². The Bertz CT molecular complexity index is 1230. The highest BCUT2D eigenvalue weighted by Gasteiger charge is 2.20. The largest absolute Gasteiger partial charge is 0.494 e. The summed E-state index contributed by atoms with van der Waals surface area (Å²) in [5.41, 5.74) is 1.92. The van der Waals surface area contributed by atoms with Crippen molar-refractivity contribution >= 4 is 11.7 Å². The number of carbonyl (C=O) groups is 1. The minimum absolute atomic E-state index is 0.0541. The number of nitrogens with one attached hydrogen (secondary N) is 2. The monoisotopic (exact) mass is 521 g/mol.